The molecule has 0 spiro atoms. The fraction of sp³-hybridized carbons (Fsp3) is 0.371. The largest absolute Gasteiger partial charge is 0.457 e. The minimum atomic E-state index is 0. The van der Waals surface area contributed by atoms with Gasteiger partial charge < -0.3 is 14.2 Å². The summed E-state index contributed by atoms with van der Waals surface area (Å²) in [7, 11) is 0. The van der Waals surface area contributed by atoms with Gasteiger partial charge in [-0.25, -0.2) is 0 Å². The van der Waals surface area contributed by atoms with E-state index in [0.29, 0.717) is 23.0 Å². The third-order valence-corrected chi connectivity index (χ3v) is 22.1. The second-order valence-corrected chi connectivity index (χ2v) is 29.9. The zero-order chi connectivity index (χ0) is 70.3. The Labute approximate surface area is 822 Å². The van der Waals surface area contributed by atoms with Gasteiger partial charge in [0.25, 0.3) is 0 Å². The Bertz CT molecular complexity index is 3940. The Kier molecular flexibility index (Phi) is 45.4. The molecule has 0 aromatic heterocycles. The number of carbonyl (C=O) groups is 1. The second-order valence-electron chi connectivity index (χ2n) is 29.9. The van der Waals surface area contributed by atoms with Crippen molar-refractivity contribution in [1.29, 1.82) is 0 Å². The van der Waals surface area contributed by atoms with E-state index in [9.17, 15) is 4.79 Å². The van der Waals surface area contributed by atoms with Crippen LogP contribution in [0.1, 0.15) is 177 Å². The van der Waals surface area contributed by atoms with Crippen LogP contribution >= 0.6 is 0 Å². The quantitative estimate of drug-likeness (QED) is 0.166. The molecule has 0 saturated heterocycles. The topological polar surface area (TPSA) is 44.8 Å². The van der Waals surface area contributed by atoms with Gasteiger partial charge in [0.2, 0.25) is 0 Å². The van der Waals surface area contributed by atoms with Crippen LogP contribution in [0.25, 0.3) is 64.6 Å². The van der Waals surface area contributed by atoms with Gasteiger partial charge in [-0.3, -0.25) is 4.79 Å². The maximum absolute atomic E-state index is 12.2. The molecule has 8 atom stereocenters. The van der Waals surface area contributed by atoms with E-state index >= 15 is 0 Å². The summed E-state index contributed by atoms with van der Waals surface area (Å²) >= 11 is 0. The molecule has 6 fully saturated rings. The SMILES string of the molecule is CC1(C)C2CCCCC2C2CCCCC21.CCC.CCC.CCC.O=C1C2CCCCC2C2CCCCC12.[Ar].[Ar].[Ar].[Ar].[Ar].[Ar].c1ccc2cc(Oc3ccc4ccccc4c3)ccc2c1.c1ccc2cc(Oc3ccc4ccccc4c3)ccc2c1.c1ccc2cc(Oc3ccc4ccccc4c3)ccc2c1. The fourth-order valence-electron chi connectivity index (χ4n) is 17.6. The monoisotopic (exact) mass is 1580 g/mol. The van der Waals surface area contributed by atoms with E-state index < -0.39 is 0 Å². The van der Waals surface area contributed by atoms with Crippen LogP contribution < -0.4 is 14.2 Å². The average molecular weight is 1580 g/mol. The van der Waals surface area contributed by atoms with Gasteiger partial charge in [0.05, 0.1) is 0 Å². The molecular weight excluding hydrogens is 1470 g/mol. The first-order valence-corrected chi connectivity index (χ1v) is 39.0. The molecule has 0 amide bonds. The summed E-state index contributed by atoms with van der Waals surface area (Å²) in [6.45, 7) is 17.9. The Morgan fingerprint density at radius 2 is 0.430 bits per heavy atom. The summed E-state index contributed by atoms with van der Waals surface area (Å²) in [4.78, 5) is 12.2. The van der Waals surface area contributed by atoms with Crippen molar-refractivity contribution < 1.29 is 245 Å². The van der Waals surface area contributed by atoms with E-state index in [-0.39, 0.29) is 226 Å². The van der Waals surface area contributed by atoms with E-state index in [4.69, 9.17) is 14.2 Å². The number of rotatable bonds is 6. The molecule has 6 saturated carbocycles. The van der Waals surface area contributed by atoms with Gasteiger partial charge in [0, 0.05) is 238 Å². The first kappa shape index (κ1) is 96.4. The van der Waals surface area contributed by atoms with E-state index in [2.05, 4.69) is 201 Å². The molecule has 12 aromatic rings. The maximum atomic E-state index is 12.2. The van der Waals surface area contributed by atoms with Crippen LogP contribution in [0.15, 0.2) is 255 Å². The number of hydrogen-bond donors (Lipinski definition) is 0. The number of ether oxygens (including phenoxy) is 3. The minimum Gasteiger partial charge on any atom is -0.457 e. The zero-order valence-corrected chi connectivity index (χ0v) is 68.3. The number of fused-ring (bicyclic) bond motifs is 12. The van der Waals surface area contributed by atoms with Gasteiger partial charge >= 0.3 is 0 Å². The molecular formula is C97H112Ar6O4. The number of ketones is 1. The molecule has 10 heteroatoms. The summed E-state index contributed by atoms with van der Waals surface area (Å²) in [5.41, 5.74) is 0.677. The molecule has 0 bridgehead atoms. The molecule has 6 aliphatic carbocycles. The van der Waals surface area contributed by atoms with Gasteiger partial charge in [-0.15, -0.1) is 0 Å². The molecule has 6 aliphatic rings. The normalized spacial score (nSPS) is 19.9. The van der Waals surface area contributed by atoms with E-state index in [1.165, 1.54) is 161 Å². The zero-order valence-electron chi connectivity index (χ0n) is 64.1. The molecule has 4 nitrogen and oxygen atoms in total. The van der Waals surface area contributed by atoms with Crippen molar-refractivity contribution >= 4 is 70.4 Å². The van der Waals surface area contributed by atoms with Crippen molar-refractivity contribution in [2.45, 2.75) is 177 Å². The molecule has 0 aliphatic heterocycles. The standard InChI is InChI=1S/3C20H14O.C15H26.C13H20O.3C3H8.6Ar/c3*1-3-7-17-13-19(11-9-15(17)5-1)21-20-12-10-16-6-2-4-8-18(16)14-20;1-15(2)13-9-5-3-7-11(13)12-8-4-6-10-14(12)15;14-13-11-7-3-1-5-9(11)10-6-2-4-8-12(10)13;3*1-3-2;;;;;;/h3*1-14H;11-14H,3-10H2,1-2H3;9-12H,1-8H2;3*3H2,1-2H3;;;;;;. The van der Waals surface area contributed by atoms with E-state index in [1.54, 1.807) is 25.7 Å². The number of benzene rings is 12. The van der Waals surface area contributed by atoms with Crippen LogP contribution in [0.2, 0.25) is 0 Å². The van der Waals surface area contributed by atoms with E-state index in [1.807, 2.05) is 109 Å². The summed E-state index contributed by atoms with van der Waals surface area (Å²) < 4.78 is 18.0. The first-order chi connectivity index (χ1) is 49.5. The third-order valence-electron chi connectivity index (χ3n) is 22.1. The summed E-state index contributed by atoms with van der Waals surface area (Å²) in [5, 5.41) is 14.5. The molecule has 0 radical (unpaired) electrons. The van der Waals surface area contributed by atoms with Crippen molar-refractivity contribution in [3.8, 4) is 34.5 Å². The van der Waals surface area contributed by atoms with Gasteiger partial charge in [-0.2, -0.15) is 0 Å². The van der Waals surface area contributed by atoms with Crippen molar-refractivity contribution in [2.24, 2.45) is 52.8 Å². The molecule has 572 valence electrons. The van der Waals surface area contributed by atoms with Crippen molar-refractivity contribution in [2.75, 3.05) is 0 Å². The molecule has 8 unspecified atom stereocenters. The van der Waals surface area contributed by atoms with Gasteiger partial charge in [-0.05, 0) is 230 Å². The van der Waals surface area contributed by atoms with Crippen LogP contribution in [-0.2, 0) is 4.79 Å². The summed E-state index contributed by atoms with van der Waals surface area (Å²) in [5.74, 6) is 12.9. The van der Waals surface area contributed by atoms with Crippen LogP contribution in [0.3, 0.4) is 0 Å². The van der Waals surface area contributed by atoms with E-state index in [0.717, 1.165) is 70.0 Å². The summed E-state index contributed by atoms with van der Waals surface area (Å²) in [6, 6.07) is 86.8. The number of carbonyl (C=O) groups excluding carboxylic acids is 1. The fourth-order valence-corrected chi connectivity index (χ4v) is 17.6. The smallest absolute Gasteiger partial charge is 0.139 e. The molecule has 107 heavy (non-hydrogen) atoms. The predicted molar refractivity (Wildman–Crippen MR) is 432 cm³/mol. The van der Waals surface area contributed by atoms with Gasteiger partial charge in [0.15, 0.2) is 0 Å². The molecule has 0 N–H and O–H groups in total. The Balaban J connectivity index is 0.000000232. The number of Topliss-reactive ketones (excluding diaryl/α,β-unsaturated/α-hetero) is 1. The Morgan fingerprint density at radius 1 is 0.252 bits per heavy atom. The molecule has 12 aromatic carbocycles. The average Bonchev–Trinajstić information content (AvgIpc) is 1.59. The first-order valence-electron chi connectivity index (χ1n) is 39.0. The Hall–Kier alpha value is -1.17. The van der Waals surface area contributed by atoms with Crippen molar-refractivity contribution in [1.82, 2.24) is 0 Å². The van der Waals surface area contributed by atoms with Crippen LogP contribution in [-0.4, -0.2) is 5.78 Å². The van der Waals surface area contributed by atoms with Crippen molar-refractivity contribution in [3.63, 3.8) is 0 Å². The predicted octanol–water partition coefficient (Wildman–Crippen LogP) is 29.4. The maximum Gasteiger partial charge on any atom is 0.139 e. The third kappa shape index (κ3) is 26.9. The summed E-state index contributed by atoms with van der Waals surface area (Å²) in [6.07, 6.45) is 26.6. The second kappa shape index (κ2) is 50.3. The Morgan fingerprint density at radius 3 is 0.645 bits per heavy atom. The van der Waals surface area contributed by atoms with Gasteiger partial charge in [0.1, 0.15) is 40.3 Å². The van der Waals surface area contributed by atoms with Crippen molar-refractivity contribution in [3.05, 3.63) is 255 Å². The van der Waals surface area contributed by atoms with Gasteiger partial charge in [-0.1, -0.05) is 308 Å². The van der Waals surface area contributed by atoms with Crippen LogP contribution in [0.4, 0.5) is 0 Å². The van der Waals surface area contributed by atoms with Crippen LogP contribution in [0, 0.1) is 279 Å². The van der Waals surface area contributed by atoms with Crippen LogP contribution in [0.5, 0.6) is 34.5 Å². The molecule has 0 heterocycles. The number of hydrogen-bond acceptors (Lipinski definition) is 4. The molecule has 18 rings (SSSR count). The minimum absolute atomic E-state index is 0.